The number of pyridine rings is 1. The van der Waals surface area contributed by atoms with Gasteiger partial charge in [0.1, 0.15) is 0 Å². The number of nitrogens with one attached hydrogen (secondary N) is 1. The Morgan fingerprint density at radius 2 is 1.75 bits per heavy atom. The Bertz CT molecular complexity index is 573. The minimum absolute atomic E-state index is 0.585. The topological polar surface area (TPSA) is 52.6 Å². The monoisotopic (exact) mass is 274 g/mol. The summed E-state index contributed by atoms with van der Waals surface area (Å²) in [4.78, 5) is 4.06. The van der Waals surface area contributed by atoms with Gasteiger partial charge in [0.2, 0.25) is 5.88 Å². The normalized spacial score (nSPS) is 9.95. The molecule has 1 aromatic heterocycles. The molecule has 0 saturated heterocycles. The Balaban J connectivity index is 2.06. The van der Waals surface area contributed by atoms with Crippen LogP contribution in [-0.4, -0.2) is 26.3 Å². The van der Waals surface area contributed by atoms with Crippen molar-refractivity contribution in [3.63, 3.8) is 0 Å². The maximum Gasteiger partial charge on any atom is 0.214 e. The van der Waals surface area contributed by atoms with E-state index in [4.69, 9.17) is 14.2 Å². The molecule has 0 unspecified atom stereocenters. The summed E-state index contributed by atoms with van der Waals surface area (Å²) in [6.07, 6.45) is 1.70. The van der Waals surface area contributed by atoms with Gasteiger partial charge in [-0.25, -0.2) is 4.98 Å². The Hall–Kier alpha value is -2.43. The van der Waals surface area contributed by atoms with Gasteiger partial charge in [0.25, 0.3) is 0 Å². The fourth-order valence-corrected chi connectivity index (χ4v) is 1.83. The lowest BCUT2D eigenvalue weighted by Crippen LogP contribution is -2.01. The van der Waals surface area contributed by atoms with E-state index in [1.165, 1.54) is 0 Å². The molecule has 1 heterocycles. The standard InChI is InChI=1S/C15H18N2O3/c1-18-13-5-4-11(8-14(13)19-2)10-17-12-6-7-16-15(9-12)20-3/h4-9H,10H2,1-3H3,(H,16,17). The second-order valence-electron chi connectivity index (χ2n) is 4.13. The number of aromatic nitrogens is 1. The van der Waals surface area contributed by atoms with Crippen molar-refractivity contribution in [2.75, 3.05) is 26.6 Å². The highest BCUT2D eigenvalue weighted by atomic mass is 16.5. The number of ether oxygens (including phenoxy) is 3. The highest BCUT2D eigenvalue weighted by Gasteiger charge is 2.04. The van der Waals surface area contributed by atoms with Gasteiger partial charge in [-0.05, 0) is 23.8 Å². The average molecular weight is 274 g/mol. The van der Waals surface area contributed by atoms with Gasteiger partial charge in [0, 0.05) is 24.5 Å². The minimum atomic E-state index is 0.585. The third-order valence-electron chi connectivity index (χ3n) is 2.89. The lowest BCUT2D eigenvalue weighted by atomic mass is 10.2. The molecule has 0 amide bonds. The molecule has 1 N–H and O–H groups in total. The molecule has 0 fully saturated rings. The zero-order valence-corrected chi connectivity index (χ0v) is 11.8. The van der Waals surface area contributed by atoms with E-state index in [1.54, 1.807) is 27.5 Å². The molecule has 0 aliphatic carbocycles. The Morgan fingerprint density at radius 1 is 0.950 bits per heavy atom. The van der Waals surface area contributed by atoms with E-state index in [9.17, 15) is 0 Å². The number of methoxy groups -OCH3 is 3. The fraction of sp³-hybridized carbons (Fsp3) is 0.267. The lowest BCUT2D eigenvalue weighted by molar-refractivity contribution is 0.354. The number of nitrogens with zero attached hydrogens (tertiary/aromatic N) is 1. The molecule has 0 aliphatic heterocycles. The molecule has 1 aromatic carbocycles. The minimum Gasteiger partial charge on any atom is -0.493 e. The van der Waals surface area contributed by atoms with Gasteiger partial charge in [0.15, 0.2) is 11.5 Å². The third kappa shape index (κ3) is 3.32. The first-order valence-electron chi connectivity index (χ1n) is 6.21. The molecule has 2 aromatic rings. The number of anilines is 1. The van der Waals surface area contributed by atoms with Crippen molar-refractivity contribution in [1.82, 2.24) is 4.98 Å². The van der Waals surface area contributed by atoms with Crippen LogP contribution in [0.5, 0.6) is 17.4 Å². The smallest absolute Gasteiger partial charge is 0.214 e. The molecule has 20 heavy (non-hydrogen) atoms. The van der Waals surface area contributed by atoms with Crippen LogP contribution in [0.2, 0.25) is 0 Å². The van der Waals surface area contributed by atoms with Crippen LogP contribution < -0.4 is 19.5 Å². The highest BCUT2D eigenvalue weighted by molar-refractivity contribution is 5.47. The fourth-order valence-electron chi connectivity index (χ4n) is 1.83. The van der Waals surface area contributed by atoms with Crippen LogP contribution in [0.25, 0.3) is 0 Å². The van der Waals surface area contributed by atoms with Crippen molar-refractivity contribution >= 4 is 5.69 Å². The summed E-state index contributed by atoms with van der Waals surface area (Å²) in [7, 11) is 4.85. The van der Waals surface area contributed by atoms with Crippen LogP contribution in [0.1, 0.15) is 5.56 Å². The van der Waals surface area contributed by atoms with E-state index in [0.29, 0.717) is 12.4 Å². The number of hydrogen-bond acceptors (Lipinski definition) is 5. The Morgan fingerprint density at radius 3 is 2.45 bits per heavy atom. The Labute approximate surface area is 118 Å². The zero-order valence-electron chi connectivity index (χ0n) is 11.8. The van der Waals surface area contributed by atoms with Crippen LogP contribution >= 0.6 is 0 Å². The number of benzene rings is 1. The molecule has 5 nitrogen and oxygen atoms in total. The van der Waals surface area contributed by atoms with Crippen molar-refractivity contribution in [3.05, 3.63) is 42.1 Å². The molecule has 0 atom stereocenters. The summed E-state index contributed by atoms with van der Waals surface area (Å²) in [5.74, 6) is 2.03. The van der Waals surface area contributed by atoms with Crippen LogP contribution in [0.15, 0.2) is 36.5 Å². The van der Waals surface area contributed by atoms with Gasteiger partial charge in [-0.15, -0.1) is 0 Å². The molecule has 0 radical (unpaired) electrons. The van der Waals surface area contributed by atoms with Gasteiger partial charge < -0.3 is 19.5 Å². The maximum absolute atomic E-state index is 5.28. The van der Waals surface area contributed by atoms with Crippen LogP contribution in [0.3, 0.4) is 0 Å². The first-order chi connectivity index (χ1) is 9.76. The number of rotatable bonds is 6. The number of hydrogen-bond donors (Lipinski definition) is 1. The highest BCUT2D eigenvalue weighted by Crippen LogP contribution is 2.27. The molecule has 2 rings (SSSR count). The van der Waals surface area contributed by atoms with E-state index in [1.807, 2.05) is 30.3 Å². The lowest BCUT2D eigenvalue weighted by Gasteiger charge is -2.11. The molecule has 0 bridgehead atoms. The molecule has 0 aliphatic rings. The van der Waals surface area contributed by atoms with Crippen molar-refractivity contribution < 1.29 is 14.2 Å². The van der Waals surface area contributed by atoms with Crippen molar-refractivity contribution in [2.24, 2.45) is 0 Å². The summed E-state index contributed by atoms with van der Waals surface area (Å²) >= 11 is 0. The molecule has 0 saturated carbocycles. The van der Waals surface area contributed by atoms with E-state index in [-0.39, 0.29) is 0 Å². The second kappa shape index (κ2) is 6.65. The summed E-state index contributed by atoms with van der Waals surface area (Å²) in [6.45, 7) is 0.674. The summed E-state index contributed by atoms with van der Waals surface area (Å²) in [5, 5.41) is 3.31. The van der Waals surface area contributed by atoms with Crippen LogP contribution in [0, 0.1) is 0 Å². The average Bonchev–Trinajstić information content (AvgIpc) is 2.52. The van der Waals surface area contributed by atoms with E-state index in [0.717, 1.165) is 22.7 Å². The van der Waals surface area contributed by atoms with E-state index >= 15 is 0 Å². The van der Waals surface area contributed by atoms with Crippen LogP contribution in [0.4, 0.5) is 5.69 Å². The van der Waals surface area contributed by atoms with Gasteiger partial charge >= 0.3 is 0 Å². The van der Waals surface area contributed by atoms with Gasteiger partial charge in [-0.2, -0.15) is 0 Å². The van der Waals surface area contributed by atoms with Crippen molar-refractivity contribution in [2.45, 2.75) is 6.54 Å². The van der Waals surface area contributed by atoms with Gasteiger partial charge in [-0.3, -0.25) is 0 Å². The first kappa shape index (κ1) is 14.0. The summed E-state index contributed by atoms with van der Waals surface area (Å²) in [6, 6.07) is 9.57. The van der Waals surface area contributed by atoms with Crippen LogP contribution in [-0.2, 0) is 6.54 Å². The molecular formula is C15H18N2O3. The molecule has 5 heteroatoms. The van der Waals surface area contributed by atoms with Gasteiger partial charge in [0.05, 0.1) is 21.3 Å². The SMILES string of the molecule is COc1cc(NCc2ccc(OC)c(OC)c2)ccn1. The summed E-state index contributed by atoms with van der Waals surface area (Å²) in [5.41, 5.74) is 2.05. The second-order valence-corrected chi connectivity index (χ2v) is 4.13. The quantitative estimate of drug-likeness (QED) is 0.877. The first-order valence-corrected chi connectivity index (χ1v) is 6.21. The predicted octanol–water partition coefficient (Wildman–Crippen LogP) is 2.72. The molecule has 0 spiro atoms. The van der Waals surface area contributed by atoms with E-state index < -0.39 is 0 Å². The third-order valence-corrected chi connectivity index (χ3v) is 2.89. The van der Waals surface area contributed by atoms with Crippen molar-refractivity contribution in [3.8, 4) is 17.4 Å². The molecule has 106 valence electrons. The predicted molar refractivity (Wildman–Crippen MR) is 77.7 cm³/mol. The van der Waals surface area contributed by atoms with E-state index in [2.05, 4.69) is 10.3 Å². The van der Waals surface area contributed by atoms with Gasteiger partial charge in [-0.1, -0.05) is 6.07 Å². The maximum atomic E-state index is 5.28. The largest absolute Gasteiger partial charge is 0.493 e. The molecular weight excluding hydrogens is 256 g/mol. The Kier molecular flexibility index (Phi) is 4.65. The van der Waals surface area contributed by atoms with Crippen molar-refractivity contribution in [1.29, 1.82) is 0 Å². The zero-order chi connectivity index (χ0) is 14.4. The summed E-state index contributed by atoms with van der Waals surface area (Å²) < 4.78 is 15.6.